The average Bonchev–Trinajstić information content (AvgIpc) is 2.93. The van der Waals surface area contributed by atoms with Crippen molar-refractivity contribution in [2.24, 2.45) is 0 Å². The van der Waals surface area contributed by atoms with Crippen molar-refractivity contribution >= 4 is 9.84 Å². The maximum absolute atomic E-state index is 12.5. The van der Waals surface area contributed by atoms with Gasteiger partial charge in [0.2, 0.25) is 0 Å². The molecule has 1 aromatic rings. The van der Waals surface area contributed by atoms with Crippen LogP contribution in [0.1, 0.15) is 19.4 Å². The minimum Gasteiger partial charge on any atom is -0.353 e. The van der Waals surface area contributed by atoms with Crippen molar-refractivity contribution in [3.8, 4) is 0 Å². The van der Waals surface area contributed by atoms with Crippen LogP contribution >= 0.6 is 0 Å². The van der Waals surface area contributed by atoms with Crippen LogP contribution in [0.4, 0.5) is 0 Å². The summed E-state index contributed by atoms with van der Waals surface area (Å²) in [5.74, 6) is -0.910. The first-order valence-electron chi connectivity index (χ1n) is 7.58. The van der Waals surface area contributed by atoms with Crippen molar-refractivity contribution in [3.05, 3.63) is 35.9 Å². The van der Waals surface area contributed by atoms with E-state index in [1.54, 1.807) is 26.0 Å². The minimum absolute atomic E-state index is 0.0208. The first-order chi connectivity index (χ1) is 10.8. The Hall–Kier alpha value is -0.990. The highest BCUT2D eigenvalue weighted by Crippen LogP contribution is 2.39. The second-order valence-electron chi connectivity index (χ2n) is 6.38. The Labute approximate surface area is 136 Å². The molecule has 0 unspecified atom stereocenters. The lowest BCUT2D eigenvalue weighted by molar-refractivity contribution is -0.224. The number of hydrogen-bond donors (Lipinski definition) is 0. The summed E-state index contributed by atoms with van der Waals surface area (Å²) in [6.45, 7) is 3.60. The fourth-order valence-electron chi connectivity index (χ4n) is 3.10. The van der Waals surface area contributed by atoms with Crippen LogP contribution in [-0.4, -0.2) is 51.7 Å². The summed E-state index contributed by atoms with van der Waals surface area (Å²) in [5, 5.41) is 0. The summed E-state index contributed by atoms with van der Waals surface area (Å²) in [4.78, 5) is 0. The van der Waals surface area contributed by atoms with Crippen LogP contribution in [0.2, 0.25) is 0 Å². The molecule has 2 aliphatic heterocycles. The molecule has 2 saturated heterocycles. The summed E-state index contributed by atoms with van der Waals surface area (Å²) >= 11 is 0. The fraction of sp³-hybridized carbons (Fsp3) is 0.625. The van der Waals surface area contributed by atoms with Gasteiger partial charge in [-0.25, -0.2) is 8.42 Å². The number of fused-ring (bicyclic) bond motifs is 1. The van der Waals surface area contributed by atoms with Gasteiger partial charge in [-0.05, 0) is 19.4 Å². The van der Waals surface area contributed by atoms with E-state index in [9.17, 15) is 8.42 Å². The highest BCUT2D eigenvalue weighted by Gasteiger charge is 2.56. The molecule has 2 aliphatic rings. The van der Waals surface area contributed by atoms with Crippen LogP contribution in [0, 0.1) is 0 Å². The van der Waals surface area contributed by atoms with E-state index in [4.69, 9.17) is 18.9 Å². The van der Waals surface area contributed by atoms with E-state index < -0.39 is 40.2 Å². The van der Waals surface area contributed by atoms with Gasteiger partial charge in [-0.1, -0.05) is 30.3 Å². The molecule has 2 fully saturated rings. The van der Waals surface area contributed by atoms with Gasteiger partial charge in [-0.2, -0.15) is 0 Å². The molecule has 4 atom stereocenters. The molecule has 7 heteroatoms. The van der Waals surface area contributed by atoms with Gasteiger partial charge >= 0.3 is 0 Å². The Kier molecular flexibility index (Phi) is 4.50. The van der Waals surface area contributed by atoms with Gasteiger partial charge in [0, 0.05) is 7.11 Å². The number of ether oxygens (including phenoxy) is 4. The van der Waals surface area contributed by atoms with E-state index in [-0.39, 0.29) is 11.5 Å². The highest BCUT2D eigenvalue weighted by molar-refractivity contribution is 7.90. The number of benzene rings is 1. The molecule has 0 aromatic heterocycles. The second kappa shape index (κ2) is 6.14. The molecule has 0 bridgehead atoms. The van der Waals surface area contributed by atoms with E-state index in [2.05, 4.69) is 0 Å². The van der Waals surface area contributed by atoms with Crippen molar-refractivity contribution in [3.63, 3.8) is 0 Å². The molecule has 0 saturated carbocycles. The molecule has 2 heterocycles. The molecule has 0 N–H and O–H groups in total. The van der Waals surface area contributed by atoms with Crippen molar-refractivity contribution in [2.75, 3.05) is 12.9 Å². The monoisotopic (exact) mass is 342 g/mol. The Bertz CT molecular complexity index is 642. The largest absolute Gasteiger partial charge is 0.353 e. The molecule has 0 amide bonds. The first kappa shape index (κ1) is 16.9. The number of rotatable bonds is 5. The summed E-state index contributed by atoms with van der Waals surface area (Å²) < 4.78 is 47.5. The van der Waals surface area contributed by atoms with Gasteiger partial charge in [0.1, 0.15) is 18.3 Å². The molecule has 128 valence electrons. The van der Waals surface area contributed by atoms with Crippen LogP contribution in [0.3, 0.4) is 0 Å². The van der Waals surface area contributed by atoms with Gasteiger partial charge in [-0.15, -0.1) is 0 Å². The van der Waals surface area contributed by atoms with E-state index in [0.717, 1.165) is 5.56 Å². The molecular weight excluding hydrogens is 320 g/mol. The predicted molar refractivity (Wildman–Crippen MR) is 83.4 cm³/mol. The third-order valence-electron chi connectivity index (χ3n) is 3.99. The molecule has 1 aromatic carbocycles. The Morgan fingerprint density at radius 1 is 1.13 bits per heavy atom. The summed E-state index contributed by atoms with van der Waals surface area (Å²) in [6.07, 6.45) is -2.06. The number of hydrogen-bond acceptors (Lipinski definition) is 6. The van der Waals surface area contributed by atoms with Crippen molar-refractivity contribution < 1.29 is 27.4 Å². The summed E-state index contributed by atoms with van der Waals surface area (Å²) in [6, 6.07) is 9.10. The lowest BCUT2D eigenvalue weighted by Crippen LogP contribution is -2.35. The van der Waals surface area contributed by atoms with E-state index in [1.165, 1.54) is 7.11 Å². The molecule has 23 heavy (non-hydrogen) atoms. The zero-order chi connectivity index (χ0) is 16.7. The Morgan fingerprint density at radius 3 is 2.43 bits per heavy atom. The summed E-state index contributed by atoms with van der Waals surface area (Å²) in [5.41, 5.74) is 0.759. The van der Waals surface area contributed by atoms with Crippen molar-refractivity contribution in [1.82, 2.24) is 0 Å². The van der Waals surface area contributed by atoms with Crippen LogP contribution in [-0.2, 0) is 34.5 Å². The quantitative estimate of drug-likeness (QED) is 0.807. The van der Waals surface area contributed by atoms with Gasteiger partial charge in [0.25, 0.3) is 0 Å². The van der Waals surface area contributed by atoms with E-state index in [1.807, 2.05) is 18.2 Å². The maximum atomic E-state index is 12.5. The molecule has 0 spiro atoms. The van der Waals surface area contributed by atoms with Crippen molar-refractivity contribution in [1.29, 1.82) is 0 Å². The van der Waals surface area contributed by atoms with Crippen LogP contribution in [0.25, 0.3) is 0 Å². The number of methoxy groups -OCH3 is 1. The average molecular weight is 342 g/mol. The third-order valence-corrected chi connectivity index (χ3v) is 5.60. The standard InChI is InChI=1S/C16H22O6S/c1-16(2)21-13-12(20-15(19-3)14(13)22-16)10-23(17,18)9-11-7-5-4-6-8-11/h4-8,12-15H,9-10H2,1-3H3/t12-,13-,14-,15-/m1/s1. The third kappa shape index (κ3) is 3.75. The van der Waals surface area contributed by atoms with Crippen LogP contribution in [0.5, 0.6) is 0 Å². The molecule has 6 nitrogen and oxygen atoms in total. The first-order valence-corrected chi connectivity index (χ1v) is 9.40. The SMILES string of the molecule is CO[C@@H]1O[C@H](CS(=O)(=O)Cc2ccccc2)[C@H]2OC(C)(C)O[C@@H]12. The van der Waals surface area contributed by atoms with E-state index in [0.29, 0.717) is 0 Å². The molecular formula is C16H22O6S. The zero-order valence-electron chi connectivity index (χ0n) is 13.5. The number of sulfone groups is 1. The minimum atomic E-state index is -3.34. The smallest absolute Gasteiger partial charge is 0.186 e. The lowest BCUT2D eigenvalue weighted by Gasteiger charge is -2.23. The van der Waals surface area contributed by atoms with Gasteiger partial charge < -0.3 is 18.9 Å². The predicted octanol–water partition coefficient (Wildman–Crippen LogP) is 1.49. The molecule has 0 radical (unpaired) electrons. The fourth-order valence-corrected chi connectivity index (χ4v) is 4.69. The molecule has 0 aliphatic carbocycles. The van der Waals surface area contributed by atoms with Gasteiger partial charge in [-0.3, -0.25) is 0 Å². The molecule has 3 rings (SSSR count). The van der Waals surface area contributed by atoms with Gasteiger partial charge in [0.15, 0.2) is 21.9 Å². The highest BCUT2D eigenvalue weighted by atomic mass is 32.2. The maximum Gasteiger partial charge on any atom is 0.186 e. The van der Waals surface area contributed by atoms with Crippen LogP contribution in [0.15, 0.2) is 30.3 Å². The van der Waals surface area contributed by atoms with Gasteiger partial charge in [0.05, 0.1) is 11.5 Å². The Morgan fingerprint density at radius 2 is 1.78 bits per heavy atom. The Balaban J connectivity index is 1.72. The van der Waals surface area contributed by atoms with Crippen LogP contribution < -0.4 is 0 Å². The normalized spacial score (nSPS) is 32.8. The topological polar surface area (TPSA) is 71.1 Å². The van der Waals surface area contributed by atoms with Crippen molar-refractivity contribution in [2.45, 2.75) is 50.0 Å². The zero-order valence-corrected chi connectivity index (χ0v) is 14.3. The van der Waals surface area contributed by atoms with E-state index >= 15 is 0 Å². The lowest BCUT2D eigenvalue weighted by atomic mass is 10.2. The second-order valence-corrected chi connectivity index (χ2v) is 8.49. The summed E-state index contributed by atoms with van der Waals surface area (Å²) in [7, 11) is -1.83.